The van der Waals surface area contributed by atoms with Gasteiger partial charge in [0, 0.05) is 18.8 Å². The third-order valence-corrected chi connectivity index (χ3v) is 3.77. The highest BCUT2D eigenvalue weighted by Crippen LogP contribution is 2.24. The van der Waals surface area contributed by atoms with Crippen LogP contribution in [0.3, 0.4) is 0 Å². The van der Waals surface area contributed by atoms with E-state index in [1.165, 1.54) is 17.7 Å². The largest absolute Gasteiger partial charge is 0.396 e. The minimum Gasteiger partial charge on any atom is -0.396 e. The molecular formula is C13H23N3O. The van der Waals surface area contributed by atoms with E-state index in [4.69, 9.17) is 5.11 Å². The Morgan fingerprint density at radius 3 is 2.76 bits per heavy atom. The van der Waals surface area contributed by atoms with Crippen LogP contribution in [0.4, 0.5) is 0 Å². The molecule has 96 valence electrons. The van der Waals surface area contributed by atoms with E-state index in [0.29, 0.717) is 6.04 Å². The zero-order chi connectivity index (χ0) is 12.4. The lowest BCUT2D eigenvalue weighted by atomic mass is 10.1. The van der Waals surface area contributed by atoms with Gasteiger partial charge in [0.1, 0.15) is 0 Å². The maximum Gasteiger partial charge on any atom is 0.0661 e. The van der Waals surface area contributed by atoms with Crippen molar-refractivity contribution in [2.24, 2.45) is 0 Å². The number of aryl methyl sites for hydroxylation is 1. The summed E-state index contributed by atoms with van der Waals surface area (Å²) in [4.78, 5) is 2.36. The van der Waals surface area contributed by atoms with Gasteiger partial charge in [-0.1, -0.05) is 0 Å². The molecule has 0 aliphatic carbocycles. The van der Waals surface area contributed by atoms with Crippen LogP contribution in [-0.2, 0) is 6.42 Å². The first kappa shape index (κ1) is 12.6. The number of nitrogens with zero attached hydrogens (tertiary/aromatic N) is 3. The van der Waals surface area contributed by atoms with Crippen LogP contribution in [0.2, 0.25) is 0 Å². The minimum absolute atomic E-state index is 0.260. The fourth-order valence-corrected chi connectivity index (χ4v) is 2.78. The molecule has 1 aliphatic heterocycles. The number of hydrogen-bond acceptors (Lipinski definition) is 3. The summed E-state index contributed by atoms with van der Waals surface area (Å²) in [5, 5.41) is 13.6. The first-order chi connectivity index (χ1) is 8.13. The van der Waals surface area contributed by atoms with Gasteiger partial charge in [0.25, 0.3) is 0 Å². The Morgan fingerprint density at radius 2 is 2.18 bits per heavy atom. The van der Waals surface area contributed by atoms with E-state index in [0.717, 1.165) is 31.6 Å². The molecular weight excluding hydrogens is 214 g/mol. The van der Waals surface area contributed by atoms with Crippen molar-refractivity contribution < 1.29 is 5.11 Å². The SMILES string of the molecule is Cc1nn(C2CCN(C)C2)c(C)c1CCCO. The second-order valence-corrected chi connectivity index (χ2v) is 5.13. The van der Waals surface area contributed by atoms with E-state index in [1.54, 1.807) is 0 Å². The number of aromatic nitrogens is 2. The molecule has 4 heteroatoms. The second kappa shape index (κ2) is 5.19. The normalized spacial score (nSPS) is 21.3. The van der Waals surface area contributed by atoms with Crippen LogP contribution in [0, 0.1) is 13.8 Å². The van der Waals surface area contributed by atoms with Gasteiger partial charge in [-0.2, -0.15) is 5.10 Å². The summed E-state index contributed by atoms with van der Waals surface area (Å²) in [6.45, 7) is 6.76. The van der Waals surface area contributed by atoms with Gasteiger partial charge in [0.15, 0.2) is 0 Å². The molecule has 1 aromatic heterocycles. The van der Waals surface area contributed by atoms with Gasteiger partial charge in [-0.15, -0.1) is 0 Å². The van der Waals surface area contributed by atoms with Crippen molar-refractivity contribution in [3.05, 3.63) is 17.0 Å². The molecule has 2 heterocycles. The number of hydrogen-bond donors (Lipinski definition) is 1. The van der Waals surface area contributed by atoms with Crippen LogP contribution in [0.5, 0.6) is 0 Å². The van der Waals surface area contributed by atoms with E-state index < -0.39 is 0 Å². The van der Waals surface area contributed by atoms with E-state index in [1.807, 2.05) is 0 Å². The highest BCUT2D eigenvalue weighted by Gasteiger charge is 2.24. The molecule has 0 bridgehead atoms. The highest BCUT2D eigenvalue weighted by molar-refractivity contribution is 5.25. The van der Waals surface area contributed by atoms with Gasteiger partial charge in [0.2, 0.25) is 0 Å². The van der Waals surface area contributed by atoms with Crippen LogP contribution < -0.4 is 0 Å². The average Bonchev–Trinajstić information content (AvgIpc) is 2.82. The van der Waals surface area contributed by atoms with Crippen molar-refractivity contribution in [2.45, 2.75) is 39.2 Å². The molecule has 1 N–H and O–H groups in total. The van der Waals surface area contributed by atoms with Crippen molar-refractivity contribution in [1.82, 2.24) is 14.7 Å². The summed E-state index contributed by atoms with van der Waals surface area (Å²) in [5.41, 5.74) is 3.75. The average molecular weight is 237 g/mol. The predicted octanol–water partition coefficient (Wildman–Crippen LogP) is 1.30. The van der Waals surface area contributed by atoms with E-state index >= 15 is 0 Å². The Hall–Kier alpha value is -0.870. The number of likely N-dealkylation sites (tertiary alicyclic amines) is 1. The Labute approximate surface area is 103 Å². The number of rotatable bonds is 4. The molecule has 0 spiro atoms. The molecule has 4 nitrogen and oxygen atoms in total. The Morgan fingerprint density at radius 1 is 1.41 bits per heavy atom. The lowest BCUT2D eigenvalue weighted by molar-refractivity contribution is 0.288. The van der Waals surface area contributed by atoms with Crippen molar-refractivity contribution in [1.29, 1.82) is 0 Å². The van der Waals surface area contributed by atoms with Gasteiger partial charge < -0.3 is 10.0 Å². The molecule has 17 heavy (non-hydrogen) atoms. The zero-order valence-electron chi connectivity index (χ0n) is 11.1. The summed E-state index contributed by atoms with van der Waals surface area (Å²) >= 11 is 0. The van der Waals surface area contributed by atoms with Crippen LogP contribution in [0.25, 0.3) is 0 Å². The summed E-state index contributed by atoms with van der Waals surface area (Å²) in [5.74, 6) is 0. The number of aliphatic hydroxyl groups is 1. The molecule has 1 unspecified atom stereocenters. The topological polar surface area (TPSA) is 41.3 Å². The smallest absolute Gasteiger partial charge is 0.0661 e. The van der Waals surface area contributed by atoms with Crippen LogP contribution in [0.15, 0.2) is 0 Å². The molecule has 1 aliphatic rings. The molecule has 1 atom stereocenters. The van der Waals surface area contributed by atoms with Crippen molar-refractivity contribution >= 4 is 0 Å². The predicted molar refractivity (Wildman–Crippen MR) is 68.3 cm³/mol. The first-order valence-electron chi connectivity index (χ1n) is 6.47. The molecule has 2 rings (SSSR count). The van der Waals surface area contributed by atoms with Crippen molar-refractivity contribution in [3.8, 4) is 0 Å². The fraction of sp³-hybridized carbons (Fsp3) is 0.769. The standard InChI is InChI=1S/C13H23N3O/c1-10-13(5-4-8-17)11(2)16(14-10)12-6-7-15(3)9-12/h12,17H,4-9H2,1-3H3. The first-order valence-corrected chi connectivity index (χ1v) is 6.47. The highest BCUT2D eigenvalue weighted by atomic mass is 16.2. The van der Waals surface area contributed by atoms with E-state index in [-0.39, 0.29) is 6.61 Å². The van der Waals surface area contributed by atoms with Crippen molar-refractivity contribution in [2.75, 3.05) is 26.7 Å². The molecule has 0 radical (unpaired) electrons. The molecule has 0 amide bonds. The summed E-state index contributed by atoms with van der Waals surface area (Å²) in [6, 6.07) is 0.529. The molecule has 1 aromatic rings. The Balaban J connectivity index is 2.18. The molecule has 0 saturated carbocycles. The maximum absolute atomic E-state index is 8.93. The number of aliphatic hydroxyl groups excluding tert-OH is 1. The monoisotopic (exact) mass is 237 g/mol. The van der Waals surface area contributed by atoms with Gasteiger partial charge in [-0.3, -0.25) is 4.68 Å². The molecule has 1 fully saturated rings. The lowest BCUT2D eigenvalue weighted by Gasteiger charge is -2.13. The van der Waals surface area contributed by atoms with Gasteiger partial charge in [0.05, 0.1) is 11.7 Å². The van der Waals surface area contributed by atoms with Gasteiger partial charge >= 0.3 is 0 Å². The fourth-order valence-electron chi connectivity index (χ4n) is 2.78. The van der Waals surface area contributed by atoms with Crippen molar-refractivity contribution in [3.63, 3.8) is 0 Å². The Kier molecular flexibility index (Phi) is 3.84. The quantitative estimate of drug-likeness (QED) is 0.858. The van der Waals surface area contributed by atoms with Crippen LogP contribution >= 0.6 is 0 Å². The summed E-state index contributed by atoms with van der Waals surface area (Å²) < 4.78 is 2.20. The second-order valence-electron chi connectivity index (χ2n) is 5.13. The molecule has 0 aromatic carbocycles. The Bertz CT molecular complexity index is 386. The minimum atomic E-state index is 0.260. The third kappa shape index (κ3) is 2.53. The van der Waals surface area contributed by atoms with Gasteiger partial charge in [-0.25, -0.2) is 0 Å². The lowest BCUT2D eigenvalue weighted by Crippen LogP contribution is -2.18. The van der Waals surface area contributed by atoms with Crippen LogP contribution in [-0.4, -0.2) is 46.5 Å². The summed E-state index contributed by atoms with van der Waals surface area (Å²) in [6.07, 6.45) is 2.96. The summed E-state index contributed by atoms with van der Waals surface area (Å²) in [7, 11) is 2.17. The van der Waals surface area contributed by atoms with E-state index in [9.17, 15) is 0 Å². The zero-order valence-corrected chi connectivity index (χ0v) is 11.1. The number of likely N-dealkylation sites (N-methyl/N-ethyl adjacent to an activating group) is 1. The van der Waals surface area contributed by atoms with Crippen LogP contribution in [0.1, 0.15) is 35.8 Å². The van der Waals surface area contributed by atoms with E-state index in [2.05, 4.69) is 35.6 Å². The third-order valence-electron chi connectivity index (χ3n) is 3.77. The van der Waals surface area contributed by atoms with Gasteiger partial charge in [-0.05, 0) is 52.3 Å². The molecule has 1 saturated heterocycles. The maximum atomic E-state index is 8.93.